The van der Waals surface area contributed by atoms with Crippen LogP contribution >= 0.6 is 0 Å². The van der Waals surface area contributed by atoms with E-state index in [1.54, 1.807) is 0 Å². The maximum Gasteiger partial charge on any atom is 0.534 e. The normalized spacial score (nSPS) is 23.8. The lowest BCUT2D eigenvalue weighted by atomic mass is 10.1. The maximum atomic E-state index is 12.9. The van der Waals surface area contributed by atoms with Crippen LogP contribution in [-0.2, 0) is 10.1 Å². The summed E-state index contributed by atoms with van der Waals surface area (Å²) in [6.07, 6.45) is -1.00. The third-order valence-electron chi connectivity index (χ3n) is 2.51. The van der Waals surface area contributed by atoms with E-state index < -0.39 is 33.5 Å². The van der Waals surface area contributed by atoms with Gasteiger partial charge in [0, 0.05) is 11.5 Å². The monoisotopic (exact) mass is 284 g/mol. The van der Waals surface area contributed by atoms with Crippen molar-refractivity contribution in [2.24, 2.45) is 0 Å². The lowest BCUT2D eigenvalue weighted by Gasteiger charge is -2.12. The molecule has 0 spiro atoms. The van der Waals surface area contributed by atoms with Crippen LogP contribution in [0.5, 0.6) is 5.75 Å². The van der Waals surface area contributed by atoms with Gasteiger partial charge in [0.2, 0.25) is 0 Å². The summed E-state index contributed by atoms with van der Waals surface area (Å²) in [6.45, 7) is 0. The molecule has 1 aliphatic rings. The molecule has 0 radical (unpaired) electrons. The Bertz CT molecular complexity index is 552. The SMILES string of the molecule is O=S(=O)(Oc1ccccc1C1CC1F)C(F)(F)F. The molecule has 1 fully saturated rings. The molecule has 2 rings (SSSR count). The summed E-state index contributed by atoms with van der Waals surface area (Å²) >= 11 is 0. The highest BCUT2D eigenvalue weighted by Gasteiger charge is 2.49. The molecule has 1 aromatic carbocycles. The summed E-state index contributed by atoms with van der Waals surface area (Å²) < 4.78 is 75.1. The molecule has 0 amide bonds. The van der Waals surface area contributed by atoms with Gasteiger partial charge in [-0.15, -0.1) is 0 Å². The zero-order chi connectivity index (χ0) is 13.6. The number of alkyl halides is 4. The molecule has 8 heteroatoms. The average Bonchev–Trinajstić information content (AvgIpc) is 2.94. The van der Waals surface area contributed by atoms with E-state index in [9.17, 15) is 26.0 Å². The fraction of sp³-hybridized carbons (Fsp3) is 0.400. The molecule has 18 heavy (non-hydrogen) atoms. The van der Waals surface area contributed by atoms with Gasteiger partial charge in [-0.05, 0) is 12.5 Å². The number of benzene rings is 1. The Balaban J connectivity index is 2.31. The molecule has 0 aromatic heterocycles. The predicted octanol–water partition coefficient (Wildman–Crippen LogP) is 2.74. The van der Waals surface area contributed by atoms with Gasteiger partial charge in [0.25, 0.3) is 0 Å². The van der Waals surface area contributed by atoms with Crippen LogP contribution in [0.3, 0.4) is 0 Å². The van der Waals surface area contributed by atoms with Crippen LogP contribution < -0.4 is 4.18 Å². The third-order valence-corrected chi connectivity index (χ3v) is 3.48. The molecule has 3 nitrogen and oxygen atoms in total. The summed E-state index contributed by atoms with van der Waals surface area (Å²) in [5, 5.41) is 0. The molecule has 100 valence electrons. The van der Waals surface area contributed by atoms with E-state index in [1.165, 1.54) is 18.2 Å². The van der Waals surface area contributed by atoms with Crippen LogP contribution in [-0.4, -0.2) is 20.1 Å². The first-order chi connectivity index (χ1) is 8.22. The summed E-state index contributed by atoms with van der Waals surface area (Å²) in [6, 6.07) is 5.23. The zero-order valence-corrected chi connectivity index (χ0v) is 9.63. The minimum Gasteiger partial charge on any atom is -0.376 e. The second kappa shape index (κ2) is 4.11. The van der Waals surface area contributed by atoms with Crippen molar-refractivity contribution in [3.63, 3.8) is 0 Å². The molecule has 0 N–H and O–H groups in total. The van der Waals surface area contributed by atoms with Gasteiger partial charge >= 0.3 is 15.6 Å². The topological polar surface area (TPSA) is 43.4 Å². The van der Waals surface area contributed by atoms with Crippen molar-refractivity contribution in [3.05, 3.63) is 29.8 Å². The van der Waals surface area contributed by atoms with Crippen molar-refractivity contribution in [2.45, 2.75) is 24.0 Å². The van der Waals surface area contributed by atoms with Gasteiger partial charge in [-0.3, -0.25) is 0 Å². The number of rotatable bonds is 3. The van der Waals surface area contributed by atoms with Crippen molar-refractivity contribution in [1.82, 2.24) is 0 Å². The third kappa shape index (κ3) is 2.43. The van der Waals surface area contributed by atoms with E-state index >= 15 is 0 Å². The molecule has 1 aromatic rings. The van der Waals surface area contributed by atoms with Crippen LogP contribution in [0, 0.1) is 0 Å². The minimum absolute atomic E-state index is 0.137. The van der Waals surface area contributed by atoms with Crippen molar-refractivity contribution in [2.75, 3.05) is 0 Å². The molecule has 0 heterocycles. The summed E-state index contributed by atoms with van der Waals surface area (Å²) in [4.78, 5) is 0. The van der Waals surface area contributed by atoms with Gasteiger partial charge in [0.15, 0.2) is 0 Å². The van der Waals surface area contributed by atoms with Crippen molar-refractivity contribution < 1.29 is 30.2 Å². The highest BCUT2D eigenvalue weighted by atomic mass is 32.2. The quantitative estimate of drug-likeness (QED) is 0.487. The van der Waals surface area contributed by atoms with E-state index in [2.05, 4.69) is 4.18 Å². The van der Waals surface area contributed by atoms with Crippen molar-refractivity contribution in [1.29, 1.82) is 0 Å². The molecule has 0 bridgehead atoms. The van der Waals surface area contributed by atoms with Crippen LogP contribution in [0.4, 0.5) is 17.6 Å². The van der Waals surface area contributed by atoms with Crippen LogP contribution in [0.15, 0.2) is 24.3 Å². The van der Waals surface area contributed by atoms with Gasteiger partial charge in [0.05, 0.1) is 0 Å². The fourth-order valence-electron chi connectivity index (χ4n) is 1.51. The van der Waals surface area contributed by atoms with E-state index in [-0.39, 0.29) is 12.0 Å². The highest BCUT2D eigenvalue weighted by molar-refractivity contribution is 7.88. The van der Waals surface area contributed by atoms with Gasteiger partial charge in [-0.1, -0.05) is 18.2 Å². The number of hydrogen-bond donors (Lipinski definition) is 0. The second-order valence-electron chi connectivity index (χ2n) is 3.88. The van der Waals surface area contributed by atoms with Crippen molar-refractivity contribution in [3.8, 4) is 5.75 Å². The molecular formula is C10H8F4O3S. The fourth-order valence-corrected chi connectivity index (χ4v) is 2.00. The number of para-hydroxylation sites is 1. The average molecular weight is 284 g/mol. The predicted molar refractivity (Wildman–Crippen MR) is 54.3 cm³/mol. The Hall–Kier alpha value is -1.31. The lowest BCUT2D eigenvalue weighted by molar-refractivity contribution is -0.0500. The number of halogens is 4. The van der Waals surface area contributed by atoms with Gasteiger partial charge in [0.1, 0.15) is 11.9 Å². The minimum atomic E-state index is -5.72. The summed E-state index contributed by atoms with van der Waals surface area (Å²) in [7, 11) is -5.72. The lowest BCUT2D eigenvalue weighted by Crippen LogP contribution is -2.28. The second-order valence-corrected chi connectivity index (χ2v) is 5.42. The first-order valence-electron chi connectivity index (χ1n) is 4.96. The first-order valence-corrected chi connectivity index (χ1v) is 6.37. The van der Waals surface area contributed by atoms with Crippen LogP contribution in [0.2, 0.25) is 0 Å². The zero-order valence-electron chi connectivity index (χ0n) is 8.82. The van der Waals surface area contributed by atoms with E-state index in [1.807, 2.05) is 0 Å². The van der Waals surface area contributed by atoms with E-state index in [0.29, 0.717) is 0 Å². The number of hydrogen-bond acceptors (Lipinski definition) is 3. The molecular weight excluding hydrogens is 276 g/mol. The van der Waals surface area contributed by atoms with Crippen molar-refractivity contribution >= 4 is 10.1 Å². The largest absolute Gasteiger partial charge is 0.534 e. The van der Waals surface area contributed by atoms with Gasteiger partial charge in [-0.25, -0.2) is 4.39 Å². The summed E-state index contributed by atoms with van der Waals surface area (Å²) in [5.41, 5.74) is -5.36. The van der Waals surface area contributed by atoms with Gasteiger partial charge < -0.3 is 4.18 Å². The molecule has 0 aliphatic heterocycles. The van der Waals surface area contributed by atoms with E-state index in [4.69, 9.17) is 0 Å². The van der Waals surface area contributed by atoms with Crippen LogP contribution in [0.25, 0.3) is 0 Å². The Morgan fingerprint density at radius 2 is 1.78 bits per heavy atom. The Kier molecular flexibility index (Phi) is 3.00. The Morgan fingerprint density at radius 3 is 2.28 bits per heavy atom. The smallest absolute Gasteiger partial charge is 0.376 e. The Morgan fingerprint density at radius 1 is 1.22 bits per heavy atom. The van der Waals surface area contributed by atoms with Crippen LogP contribution in [0.1, 0.15) is 17.9 Å². The van der Waals surface area contributed by atoms with E-state index in [0.717, 1.165) is 6.07 Å². The maximum absolute atomic E-state index is 12.9. The molecule has 2 unspecified atom stereocenters. The van der Waals surface area contributed by atoms with Gasteiger partial charge in [-0.2, -0.15) is 21.6 Å². The molecule has 0 saturated heterocycles. The Labute approximate surface area is 100 Å². The first kappa shape index (κ1) is 13.1. The summed E-state index contributed by atoms with van der Waals surface area (Å²) in [5.74, 6) is -1.07. The highest BCUT2D eigenvalue weighted by Crippen LogP contribution is 2.47. The standard InChI is InChI=1S/C10H8F4O3S/c11-8-5-7(8)6-3-1-2-4-9(6)17-18(15,16)10(12,13)14/h1-4,7-8H,5H2. The molecule has 1 aliphatic carbocycles. The molecule has 2 atom stereocenters. The molecule has 1 saturated carbocycles.